The van der Waals surface area contributed by atoms with Crippen LogP contribution in [0.4, 0.5) is 0 Å². The van der Waals surface area contributed by atoms with Gasteiger partial charge >= 0.3 is 49.4 Å². The summed E-state index contributed by atoms with van der Waals surface area (Å²) in [5.41, 5.74) is 0. The number of carbonyl (C=O) groups excluding carboxylic acids is 3. The minimum Gasteiger partial charge on any atom is -0.550 e. The van der Waals surface area contributed by atoms with E-state index in [1.807, 2.05) is 0 Å². The molecular weight excluding hydrogens is 360 g/mol. The molecular formula is C8H15EuO7. The molecule has 0 heterocycles. The number of aliphatic hydroxyl groups excluding tert-OH is 1. The van der Waals surface area contributed by atoms with Gasteiger partial charge in [-0.1, -0.05) is 0 Å². The number of carboxylic acid groups (broad SMARTS) is 3. The molecule has 0 amide bonds. The van der Waals surface area contributed by atoms with Gasteiger partial charge in [-0.25, -0.2) is 0 Å². The van der Waals surface area contributed by atoms with E-state index in [0.717, 1.165) is 20.8 Å². The molecule has 0 bridgehead atoms. The predicted octanol–water partition coefficient (Wildman–Crippen LogP) is -3.73. The van der Waals surface area contributed by atoms with Gasteiger partial charge in [-0.2, -0.15) is 0 Å². The van der Waals surface area contributed by atoms with E-state index < -0.39 is 17.9 Å². The quantitative estimate of drug-likeness (QED) is 0.459. The van der Waals surface area contributed by atoms with Crippen LogP contribution in [0.3, 0.4) is 0 Å². The van der Waals surface area contributed by atoms with Gasteiger partial charge in [0.2, 0.25) is 0 Å². The summed E-state index contributed by atoms with van der Waals surface area (Å²) in [5, 5.41) is 34.2. The Hall–Kier alpha value is -0.0456. The van der Waals surface area contributed by atoms with Crippen molar-refractivity contribution in [3.8, 4) is 0 Å². The summed E-state index contributed by atoms with van der Waals surface area (Å²) >= 11 is 0. The first-order chi connectivity index (χ1) is 6.61. The van der Waals surface area contributed by atoms with Gasteiger partial charge in [-0.15, -0.1) is 0 Å². The molecule has 0 aliphatic carbocycles. The van der Waals surface area contributed by atoms with Crippen LogP contribution in [0.5, 0.6) is 0 Å². The summed E-state index contributed by atoms with van der Waals surface area (Å²) in [6.07, 6.45) is 0. The molecule has 0 aliphatic heterocycles. The second-order valence-corrected chi connectivity index (χ2v) is 1.79. The summed E-state index contributed by atoms with van der Waals surface area (Å²) in [5.74, 6) is -3.25. The first kappa shape index (κ1) is 29.7. The van der Waals surface area contributed by atoms with Crippen molar-refractivity contribution >= 4 is 17.9 Å². The zero-order valence-electron chi connectivity index (χ0n) is 9.48. The summed E-state index contributed by atoms with van der Waals surface area (Å²) < 4.78 is 0. The average molecular weight is 375 g/mol. The van der Waals surface area contributed by atoms with E-state index in [0.29, 0.717) is 0 Å². The average Bonchev–Trinajstić information content (AvgIpc) is 1.81. The fraction of sp³-hybridized carbons (Fsp3) is 0.625. The molecule has 7 nitrogen and oxygen atoms in total. The van der Waals surface area contributed by atoms with Crippen LogP contribution in [0.15, 0.2) is 0 Å². The third-order valence-electron chi connectivity index (χ3n) is 0. The van der Waals surface area contributed by atoms with Crippen molar-refractivity contribution in [1.82, 2.24) is 0 Å². The second-order valence-electron chi connectivity index (χ2n) is 1.79. The Bertz CT molecular complexity index is 129. The number of hydrogen-bond donors (Lipinski definition) is 1. The topological polar surface area (TPSA) is 141 Å². The minimum absolute atomic E-state index is 0. The molecule has 0 saturated heterocycles. The maximum Gasteiger partial charge on any atom is 3.00 e. The van der Waals surface area contributed by atoms with Gasteiger partial charge in [-0.05, 0) is 27.7 Å². The molecule has 0 radical (unpaired) electrons. The second kappa shape index (κ2) is 29.4. The van der Waals surface area contributed by atoms with Crippen LogP contribution in [-0.4, -0.2) is 29.6 Å². The maximum absolute atomic E-state index is 8.89. The van der Waals surface area contributed by atoms with Crippen molar-refractivity contribution in [2.75, 3.05) is 6.61 Å². The molecule has 0 saturated carbocycles. The third kappa shape index (κ3) is 1130000. The summed E-state index contributed by atoms with van der Waals surface area (Å²) in [6.45, 7) is 4.85. The van der Waals surface area contributed by atoms with Crippen molar-refractivity contribution in [2.24, 2.45) is 0 Å². The zero-order valence-corrected chi connectivity index (χ0v) is 11.9. The molecule has 0 aromatic carbocycles. The molecule has 1 N–H and O–H groups in total. The van der Waals surface area contributed by atoms with E-state index in [2.05, 4.69) is 0 Å². The van der Waals surface area contributed by atoms with E-state index >= 15 is 0 Å². The van der Waals surface area contributed by atoms with Crippen LogP contribution in [-0.2, 0) is 14.4 Å². The number of aliphatic carboxylic acids is 3. The first-order valence-electron chi connectivity index (χ1n) is 3.75. The van der Waals surface area contributed by atoms with Gasteiger partial charge in [-0.3, -0.25) is 0 Å². The summed E-state index contributed by atoms with van der Waals surface area (Å²) in [7, 11) is 0. The Morgan fingerprint density at radius 2 is 0.875 bits per heavy atom. The minimum atomic E-state index is -1.08. The van der Waals surface area contributed by atoms with Crippen LogP contribution < -0.4 is 15.3 Å². The molecule has 0 fully saturated rings. The van der Waals surface area contributed by atoms with Gasteiger partial charge in [0.15, 0.2) is 0 Å². The fourth-order valence-corrected chi connectivity index (χ4v) is 0. The van der Waals surface area contributed by atoms with E-state index in [9.17, 15) is 0 Å². The van der Waals surface area contributed by atoms with Crippen molar-refractivity contribution in [1.29, 1.82) is 0 Å². The monoisotopic (exact) mass is 376 g/mol. The smallest absolute Gasteiger partial charge is 0.550 e. The molecule has 16 heavy (non-hydrogen) atoms. The first-order valence-corrected chi connectivity index (χ1v) is 3.75. The van der Waals surface area contributed by atoms with E-state index in [1.54, 1.807) is 6.92 Å². The number of carbonyl (C=O) groups is 3. The molecule has 0 aromatic heterocycles. The van der Waals surface area contributed by atoms with Crippen LogP contribution >= 0.6 is 0 Å². The SMILES string of the molecule is CC(=O)[O-].CC(=O)[O-].CC(=O)[O-].CCO.[Eu+3]. The van der Waals surface area contributed by atoms with Crippen LogP contribution in [0.25, 0.3) is 0 Å². The molecule has 0 unspecified atom stereocenters. The number of aliphatic hydroxyl groups is 1. The van der Waals surface area contributed by atoms with Gasteiger partial charge in [0.05, 0.1) is 0 Å². The molecule has 0 spiro atoms. The van der Waals surface area contributed by atoms with Gasteiger partial charge < -0.3 is 34.8 Å². The Kier molecular flexibility index (Phi) is 54.6. The van der Waals surface area contributed by atoms with Gasteiger partial charge in [0, 0.05) is 24.5 Å². The summed E-state index contributed by atoms with van der Waals surface area (Å²) in [4.78, 5) is 26.7. The standard InChI is InChI=1S/3C2H4O2.C2H6O.Eu/c3*1-2(3)4;1-2-3;/h3*1H3,(H,3,4);3H,2H2,1H3;/q;;;;+3/p-3. The Labute approximate surface area is 135 Å². The maximum atomic E-state index is 8.89. The molecule has 96 valence electrons. The summed E-state index contributed by atoms with van der Waals surface area (Å²) in [6, 6.07) is 0. The largest absolute Gasteiger partial charge is 3.00 e. The van der Waals surface area contributed by atoms with Gasteiger partial charge in [0.1, 0.15) is 0 Å². The molecule has 8 heteroatoms. The van der Waals surface area contributed by atoms with Crippen molar-refractivity contribution < 1.29 is 84.2 Å². The van der Waals surface area contributed by atoms with E-state index in [1.165, 1.54) is 0 Å². The predicted molar refractivity (Wildman–Crippen MR) is 44.8 cm³/mol. The van der Waals surface area contributed by atoms with E-state index in [4.69, 9.17) is 34.8 Å². The Morgan fingerprint density at radius 3 is 0.875 bits per heavy atom. The van der Waals surface area contributed by atoms with Crippen LogP contribution in [0.1, 0.15) is 27.7 Å². The normalized spacial score (nSPS) is 5.81. The number of rotatable bonds is 0. The zero-order chi connectivity index (χ0) is 13.4. The fourth-order valence-electron chi connectivity index (χ4n) is 0. The van der Waals surface area contributed by atoms with Crippen molar-refractivity contribution in [3.05, 3.63) is 0 Å². The molecule has 0 aliphatic rings. The molecule has 0 aromatic rings. The Morgan fingerprint density at radius 1 is 0.875 bits per heavy atom. The number of carboxylic acids is 3. The van der Waals surface area contributed by atoms with Crippen LogP contribution in [0.2, 0.25) is 0 Å². The van der Waals surface area contributed by atoms with Crippen molar-refractivity contribution in [2.45, 2.75) is 27.7 Å². The van der Waals surface area contributed by atoms with Crippen LogP contribution in [0, 0.1) is 49.4 Å². The molecule has 0 rings (SSSR count). The number of hydrogen-bond acceptors (Lipinski definition) is 7. The van der Waals surface area contributed by atoms with Gasteiger partial charge in [0.25, 0.3) is 0 Å². The Balaban J connectivity index is -0.0000000331. The van der Waals surface area contributed by atoms with Crippen molar-refractivity contribution in [3.63, 3.8) is 0 Å². The molecule has 0 atom stereocenters. The third-order valence-corrected chi connectivity index (χ3v) is 0. The van der Waals surface area contributed by atoms with E-state index in [-0.39, 0.29) is 56.0 Å².